The minimum atomic E-state index is -0.278. The Morgan fingerprint density at radius 1 is 1.25 bits per heavy atom. The summed E-state index contributed by atoms with van der Waals surface area (Å²) in [6, 6.07) is 8.98. The Labute approximate surface area is 153 Å². The van der Waals surface area contributed by atoms with Crippen LogP contribution in [-0.4, -0.2) is 24.5 Å². The molecule has 7 heteroatoms. The zero-order valence-corrected chi connectivity index (χ0v) is 16.1. The molecule has 1 heterocycles. The van der Waals surface area contributed by atoms with Crippen LogP contribution in [0.5, 0.6) is 5.75 Å². The quantitative estimate of drug-likeness (QED) is 0.756. The lowest BCUT2D eigenvalue weighted by Crippen LogP contribution is -2.32. The lowest BCUT2D eigenvalue weighted by molar-refractivity contribution is -0.115. The van der Waals surface area contributed by atoms with Crippen LogP contribution in [0.3, 0.4) is 0 Å². The third-order valence-electron chi connectivity index (χ3n) is 3.05. The summed E-state index contributed by atoms with van der Waals surface area (Å²) in [5.41, 5.74) is 1.60. The van der Waals surface area contributed by atoms with Crippen LogP contribution in [0.15, 0.2) is 34.1 Å². The van der Waals surface area contributed by atoms with Crippen LogP contribution in [0.4, 0.5) is 5.69 Å². The van der Waals surface area contributed by atoms with Gasteiger partial charge in [-0.25, -0.2) is 0 Å². The molecule has 1 aromatic heterocycles. The van der Waals surface area contributed by atoms with Crippen LogP contribution in [0.25, 0.3) is 0 Å². The first-order valence-electron chi connectivity index (χ1n) is 7.46. The van der Waals surface area contributed by atoms with Gasteiger partial charge in [-0.2, -0.15) is 0 Å². The monoisotopic (exact) mass is 410 g/mol. The number of nitrogens with one attached hydrogen (secondary N) is 2. The predicted molar refractivity (Wildman–Crippen MR) is 99.9 cm³/mol. The maximum Gasteiger partial charge on any atom is 0.261 e. The number of hydrogen-bond donors (Lipinski definition) is 2. The molecule has 0 saturated heterocycles. The van der Waals surface area contributed by atoms with E-state index in [4.69, 9.17) is 4.74 Å². The van der Waals surface area contributed by atoms with Crippen molar-refractivity contribution in [3.05, 3.63) is 44.6 Å². The minimum Gasteiger partial charge on any atom is -0.491 e. The largest absolute Gasteiger partial charge is 0.491 e. The Hall–Kier alpha value is -1.86. The van der Waals surface area contributed by atoms with Crippen LogP contribution in [0.2, 0.25) is 0 Å². The molecule has 0 unspecified atom stereocenters. The molecular weight excluding hydrogens is 392 g/mol. The van der Waals surface area contributed by atoms with E-state index in [0.717, 1.165) is 15.1 Å². The van der Waals surface area contributed by atoms with Gasteiger partial charge in [0.2, 0.25) is 5.91 Å². The summed E-state index contributed by atoms with van der Waals surface area (Å²) in [6.07, 6.45) is 0.0948. The summed E-state index contributed by atoms with van der Waals surface area (Å²) in [5.74, 6) is 0.218. The first-order valence-corrected chi connectivity index (χ1v) is 9.07. The molecule has 2 aromatic rings. The van der Waals surface area contributed by atoms with Crippen LogP contribution < -0.4 is 15.4 Å². The third-order valence-corrected chi connectivity index (χ3v) is 4.67. The highest BCUT2D eigenvalue weighted by molar-refractivity contribution is 9.11. The molecule has 1 aromatic carbocycles. The molecule has 0 spiro atoms. The highest BCUT2D eigenvalue weighted by atomic mass is 79.9. The van der Waals surface area contributed by atoms with Crippen molar-refractivity contribution in [2.45, 2.75) is 26.9 Å². The normalized spacial score (nSPS) is 10.5. The molecule has 0 fully saturated rings. The van der Waals surface area contributed by atoms with Gasteiger partial charge in [-0.05, 0) is 72.6 Å². The van der Waals surface area contributed by atoms with Gasteiger partial charge in [0.05, 0.1) is 21.3 Å². The first-order chi connectivity index (χ1) is 11.3. The fourth-order valence-electron chi connectivity index (χ4n) is 2.00. The van der Waals surface area contributed by atoms with Crippen molar-refractivity contribution in [1.82, 2.24) is 5.32 Å². The molecule has 128 valence electrons. The molecule has 0 saturated carbocycles. The van der Waals surface area contributed by atoms with E-state index >= 15 is 0 Å². The third kappa shape index (κ3) is 5.35. The van der Waals surface area contributed by atoms with E-state index in [0.29, 0.717) is 10.6 Å². The number of hydrogen-bond acceptors (Lipinski definition) is 4. The smallest absolute Gasteiger partial charge is 0.261 e. The van der Waals surface area contributed by atoms with Gasteiger partial charge < -0.3 is 15.4 Å². The Bertz CT molecular complexity index is 743. The summed E-state index contributed by atoms with van der Waals surface area (Å²) < 4.78 is 6.48. The summed E-state index contributed by atoms with van der Waals surface area (Å²) in [5, 5.41) is 5.39. The Morgan fingerprint density at radius 2 is 2.00 bits per heavy atom. The van der Waals surface area contributed by atoms with E-state index in [1.165, 1.54) is 11.3 Å². The number of carbonyl (C=O) groups is 2. The number of rotatable bonds is 6. The van der Waals surface area contributed by atoms with Gasteiger partial charge >= 0.3 is 0 Å². The molecule has 2 N–H and O–H groups in total. The van der Waals surface area contributed by atoms with E-state index in [1.807, 2.05) is 32.9 Å². The lowest BCUT2D eigenvalue weighted by Gasteiger charge is -2.13. The molecule has 0 aliphatic heterocycles. The number of carbonyl (C=O) groups excluding carboxylic acids is 2. The van der Waals surface area contributed by atoms with Crippen molar-refractivity contribution in [2.24, 2.45) is 0 Å². The number of halogens is 1. The molecule has 0 aliphatic rings. The number of thiophene rings is 1. The van der Waals surface area contributed by atoms with Crippen molar-refractivity contribution in [3.8, 4) is 5.75 Å². The van der Waals surface area contributed by atoms with Crippen LogP contribution in [0, 0.1) is 6.92 Å². The second-order valence-corrected chi connectivity index (χ2v) is 7.94. The average Bonchev–Trinajstić information content (AvgIpc) is 2.93. The van der Waals surface area contributed by atoms with Gasteiger partial charge in [-0.3, -0.25) is 9.59 Å². The molecule has 0 radical (unpaired) electrons. The Balaban J connectivity index is 1.89. The Morgan fingerprint density at radius 3 is 2.58 bits per heavy atom. The average molecular weight is 411 g/mol. The van der Waals surface area contributed by atoms with E-state index < -0.39 is 0 Å². The zero-order valence-electron chi connectivity index (χ0n) is 13.7. The van der Waals surface area contributed by atoms with Crippen LogP contribution in [0.1, 0.15) is 29.1 Å². The highest BCUT2D eigenvalue weighted by Crippen LogP contribution is 2.23. The molecule has 5 nitrogen and oxygen atoms in total. The number of anilines is 1. The highest BCUT2D eigenvalue weighted by Gasteiger charge is 2.11. The molecule has 0 aliphatic carbocycles. The second-order valence-electron chi connectivity index (χ2n) is 5.48. The van der Waals surface area contributed by atoms with Gasteiger partial charge in [-0.1, -0.05) is 0 Å². The summed E-state index contributed by atoms with van der Waals surface area (Å²) >= 11 is 4.62. The standard InChI is InChI=1S/C17H19BrN2O3S/c1-10(2)23-12-4-5-13(11(3)8-12)20-16(21)9-19-17(22)14-6-7-15(18)24-14/h4-8,10H,9H2,1-3H3,(H,19,22)(H,20,21). The number of aryl methyl sites for hydroxylation is 1. The van der Waals surface area contributed by atoms with E-state index in [9.17, 15) is 9.59 Å². The van der Waals surface area contributed by atoms with Crippen molar-refractivity contribution >= 4 is 44.8 Å². The molecule has 2 rings (SSSR count). The summed E-state index contributed by atoms with van der Waals surface area (Å²) in [4.78, 5) is 24.5. The van der Waals surface area contributed by atoms with E-state index in [-0.39, 0.29) is 24.5 Å². The van der Waals surface area contributed by atoms with E-state index in [2.05, 4.69) is 26.6 Å². The summed E-state index contributed by atoms with van der Waals surface area (Å²) in [7, 11) is 0. The van der Waals surface area contributed by atoms with Gasteiger partial charge in [0.15, 0.2) is 0 Å². The van der Waals surface area contributed by atoms with Crippen molar-refractivity contribution in [1.29, 1.82) is 0 Å². The second kappa shape index (κ2) is 8.30. The molecule has 0 bridgehead atoms. The fourth-order valence-corrected chi connectivity index (χ4v) is 3.30. The van der Waals surface area contributed by atoms with Gasteiger partial charge in [0.1, 0.15) is 5.75 Å². The van der Waals surface area contributed by atoms with Crippen molar-refractivity contribution in [3.63, 3.8) is 0 Å². The molecule has 24 heavy (non-hydrogen) atoms. The molecular formula is C17H19BrN2O3S. The summed E-state index contributed by atoms with van der Waals surface area (Å²) in [6.45, 7) is 5.72. The molecule has 0 atom stereocenters. The zero-order chi connectivity index (χ0) is 17.7. The minimum absolute atomic E-state index is 0.0853. The van der Waals surface area contributed by atoms with Crippen molar-refractivity contribution < 1.29 is 14.3 Å². The van der Waals surface area contributed by atoms with Gasteiger partial charge in [0, 0.05) is 5.69 Å². The number of benzene rings is 1. The van der Waals surface area contributed by atoms with Gasteiger partial charge in [-0.15, -0.1) is 11.3 Å². The predicted octanol–water partition coefficient (Wildman–Crippen LogP) is 3.97. The van der Waals surface area contributed by atoms with Crippen LogP contribution in [-0.2, 0) is 4.79 Å². The number of ether oxygens (including phenoxy) is 1. The van der Waals surface area contributed by atoms with Crippen LogP contribution >= 0.6 is 27.3 Å². The molecule has 2 amide bonds. The topological polar surface area (TPSA) is 67.4 Å². The lowest BCUT2D eigenvalue weighted by atomic mass is 10.2. The SMILES string of the molecule is Cc1cc(OC(C)C)ccc1NC(=O)CNC(=O)c1ccc(Br)s1. The number of amides is 2. The fraction of sp³-hybridized carbons (Fsp3) is 0.294. The van der Waals surface area contributed by atoms with E-state index in [1.54, 1.807) is 18.2 Å². The van der Waals surface area contributed by atoms with Gasteiger partial charge in [0.25, 0.3) is 5.91 Å². The Kier molecular flexibility index (Phi) is 6.39. The maximum absolute atomic E-state index is 12.0. The maximum atomic E-state index is 12.0. The van der Waals surface area contributed by atoms with Crippen molar-refractivity contribution in [2.75, 3.05) is 11.9 Å². The first kappa shape index (κ1) is 18.5.